The molecule has 0 fully saturated rings. The Labute approximate surface area is 119 Å². The van der Waals surface area contributed by atoms with Crippen molar-refractivity contribution < 1.29 is 4.74 Å². The molecule has 0 aliphatic rings. The number of nitrogens with one attached hydrogen (secondary N) is 1. The Hall–Kier alpha value is -2.38. The summed E-state index contributed by atoms with van der Waals surface area (Å²) in [4.78, 5) is 4.34. The van der Waals surface area contributed by atoms with E-state index in [-0.39, 0.29) is 0 Å². The van der Waals surface area contributed by atoms with E-state index in [0.717, 1.165) is 22.6 Å². The lowest BCUT2D eigenvalue weighted by atomic mass is 10.1. The summed E-state index contributed by atoms with van der Waals surface area (Å²) in [6, 6.07) is 11.5. The first kappa shape index (κ1) is 14.0. The van der Waals surface area contributed by atoms with Gasteiger partial charge in [0.2, 0.25) is 0 Å². The molecule has 20 heavy (non-hydrogen) atoms. The summed E-state index contributed by atoms with van der Waals surface area (Å²) < 4.78 is 5.31. The number of pyridine rings is 1. The Morgan fingerprint density at radius 3 is 2.85 bits per heavy atom. The number of aryl methyl sites for hydroxylation is 1. The van der Waals surface area contributed by atoms with E-state index in [4.69, 9.17) is 10.00 Å². The second kappa shape index (κ2) is 6.69. The van der Waals surface area contributed by atoms with Crippen LogP contribution in [-0.2, 0) is 13.1 Å². The van der Waals surface area contributed by atoms with Crippen LogP contribution < -0.4 is 10.1 Å². The quantitative estimate of drug-likeness (QED) is 0.904. The zero-order valence-corrected chi connectivity index (χ0v) is 11.7. The molecule has 2 aromatic rings. The average molecular weight is 267 g/mol. The third-order valence-corrected chi connectivity index (χ3v) is 3.14. The maximum absolute atomic E-state index is 8.94. The van der Waals surface area contributed by atoms with Gasteiger partial charge in [-0.15, -0.1) is 0 Å². The van der Waals surface area contributed by atoms with Crippen LogP contribution in [0.1, 0.15) is 22.4 Å². The van der Waals surface area contributed by atoms with E-state index in [1.54, 1.807) is 19.4 Å². The highest BCUT2D eigenvalue weighted by Gasteiger charge is 2.05. The highest BCUT2D eigenvalue weighted by atomic mass is 16.5. The maximum Gasteiger partial charge on any atom is 0.123 e. The van der Waals surface area contributed by atoms with Gasteiger partial charge in [-0.25, -0.2) is 0 Å². The largest absolute Gasteiger partial charge is 0.496 e. The summed E-state index contributed by atoms with van der Waals surface area (Å²) >= 11 is 0. The van der Waals surface area contributed by atoms with E-state index in [0.29, 0.717) is 18.7 Å². The molecule has 0 saturated carbocycles. The molecule has 0 radical (unpaired) electrons. The normalized spacial score (nSPS) is 10.1. The van der Waals surface area contributed by atoms with Gasteiger partial charge in [-0.1, -0.05) is 6.07 Å². The smallest absolute Gasteiger partial charge is 0.123 e. The van der Waals surface area contributed by atoms with Crippen LogP contribution >= 0.6 is 0 Å². The summed E-state index contributed by atoms with van der Waals surface area (Å²) in [6.07, 6.45) is 1.79. The predicted molar refractivity (Wildman–Crippen MR) is 77.2 cm³/mol. The molecule has 0 aliphatic heterocycles. The van der Waals surface area contributed by atoms with Crippen molar-refractivity contribution in [1.29, 1.82) is 5.26 Å². The van der Waals surface area contributed by atoms with Crippen molar-refractivity contribution in [3.05, 3.63) is 58.9 Å². The highest BCUT2D eigenvalue weighted by molar-refractivity contribution is 5.42. The molecule has 2 rings (SSSR count). The van der Waals surface area contributed by atoms with Crippen molar-refractivity contribution in [3.63, 3.8) is 0 Å². The summed E-state index contributed by atoms with van der Waals surface area (Å²) in [5, 5.41) is 12.3. The lowest BCUT2D eigenvalue weighted by Crippen LogP contribution is -2.15. The first-order valence-electron chi connectivity index (χ1n) is 6.43. The van der Waals surface area contributed by atoms with Crippen molar-refractivity contribution in [2.45, 2.75) is 20.0 Å². The van der Waals surface area contributed by atoms with E-state index < -0.39 is 0 Å². The molecule has 1 aromatic carbocycles. The first-order valence-corrected chi connectivity index (χ1v) is 6.43. The number of rotatable bonds is 5. The van der Waals surface area contributed by atoms with Gasteiger partial charge in [0.05, 0.1) is 24.4 Å². The van der Waals surface area contributed by atoms with Crippen molar-refractivity contribution in [2.24, 2.45) is 0 Å². The zero-order valence-electron chi connectivity index (χ0n) is 11.7. The number of benzene rings is 1. The fourth-order valence-corrected chi connectivity index (χ4v) is 2.01. The Balaban J connectivity index is 2.04. The summed E-state index contributed by atoms with van der Waals surface area (Å²) in [7, 11) is 1.63. The van der Waals surface area contributed by atoms with E-state index in [2.05, 4.69) is 16.4 Å². The minimum Gasteiger partial charge on any atom is -0.496 e. The molecule has 0 bridgehead atoms. The third kappa shape index (κ3) is 3.34. The van der Waals surface area contributed by atoms with Crippen molar-refractivity contribution >= 4 is 0 Å². The molecule has 1 aromatic heterocycles. The fourth-order valence-electron chi connectivity index (χ4n) is 2.01. The van der Waals surface area contributed by atoms with Crippen molar-refractivity contribution in [1.82, 2.24) is 10.3 Å². The highest BCUT2D eigenvalue weighted by Crippen LogP contribution is 2.19. The second-order valence-corrected chi connectivity index (χ2v) is 4.51. The van der Waals surface area contributed by atoms with Crippen LogP contribution in [0.5, 0.6) is 5.75 Å². The number of nitrogens with zero attached hydrogens (tertiary/aromatic N) is 2. The van der Waals surface area contributed by atoms with Crippen LogP contribution in [0.3, 0.4) is 0 Å². The van der Waals surface area contributed by atoms with Crippen LogP contribution in [0.25, 0.3) is 0 Å². The van der Waals surface area contributed by atoms with Gasteiger partial charge < -0.3 is 10.1 Å². The molecular formula is C16H17N3O. The fraction of sp³-hybridized carbons (Fsp3) is 0.250. The van der Waals surface area contributed by atoms with Crippen molar-refractivity contribution in [2.75, 3.05) is 7.11 Å². The molecule has 0 aliphatic carbocycles. The number of ether oxygens (including phenoxy) is 1. The van der Waals surface area contributed by atoms with Crippen LogP contribution in [-0.4, -0.2) is 12.1 Å². The molecule has 4 nitrogen and oxygen atoms in total. The van der Waals surface area contributed by atoms with Crippen LogP contribution in [0, 0.1) is 18.3 Å². The minimum absolute atomic E-state index is 0.634. The van der Waals surface area contributed by atoms with Crippen LogP contribution in [0.2, 0.25) is 0 Å². The van der Waals surface area contributed by atoms with Crippen LogP contribution in [0.4, 0.5) is 0 Å². The van der Waals surface area contributed by atoms with E-state index in [9.17, 15) is 0 Å². The lowest BCUT2D eigenvalue weighted by Gasteiger charge is -2.10. The van der Waals surface area contributed by atoms with Crippen LogP contribution in [0.15, 0.2) is 36.5 Å². The number of hydrogen-bond donors (Lipinski definition) is 1. The SMILES string of the molecule is COc1ccc(C#N)cc1CNCc1ncccc1C. The van der Waals surface area contributed by atoms with Gasteiger partial charge in [-0.05, 0) is 36.8 Å². The standard InChI is InChI=1S/C16H17N3O/c1-12-4-3-7-19-15(12)11-18-10-14-8-13(9-17)5-6-16(14)20-2/h3-8,18H,10-11H2,1-2H3. The van der Waals surface area contributed by atoms with E-state index in [1.165, 1.54) is 0 Å². The Bertz CT molecular complexity index is 632. The molecule has 0 spiro atoms. The average Bonchev–Trinajstić information content (AvgIpc) is 2.49. The number of nitriles is 1. The molecule has 102 valence electrons. The Morgan fingerprint density at radius 2 is 2.15 bits per heavy atom. The monoisotopic (exact) mass is 267 g/mol. The van der Waals surface area contributed by atoms with Gasteiger partial charge in [0, 0.05) is 24.8 Å². The molecule has 0 atom stereocenters. The maximum atomic E-state index is 8.94. The van der Waals surface area contributed by atoms with Gasteiger partial charge in [0.25, 0.3) is 0 Å². The second-order valence-electron chi connectivity index (χ2n) is 4.51. The number of aromatic nitrogens is 1. The summed E-state index contributed by atoms with van der Waals surface area (Å²) in [5.41, 5.74) is 3.80. The topological polar surface area (TPSA) is 57.9 Å². The lowest BCUT2D eigenvalue weighted by molar-refractivity contribution is 0.407. The molecule has 1 heterocycles. The Morgan fingerprint density at radius 1 is 1.30 bits per heavy atom. The molecule has 1 N–H and O–H groups in total. The zero-order chi connectivity index (χ0) is 14.4. The van der Waals surface area contributed by atoms with Gasteiger partial charge in [0.15, 0.2) is 0 Å². The van der Waals surface area contributed by atoms with Crippen molar-refractivity contribution in [3.8, 4) is 11.8 Å². The van der Waals surface area contributed by atoms with E-state index in [1.807, 2.05) is 31.2 Å². The molecule has 0 saturated heterocycles. The third-order valence-electron chi connectivity index (χ3n) is 3.14. The van der Waals surface area contributed by atoms with Gasteiger partial charge >= 0.3 is 0 Å². The predicted octanol–water partition coefficient (Wildman–Crippen LogP) is 2.56. The number of methoxy groups -OCH3 is 1. The molecule has 0 unspecified atom stereocenters. The molecule has 0 amide bonds. The molecular weight excluding hydrogens is 250 g/mol. The van der Waals surface area contributed by atoms with Gasteiger partial charge in [0.1, 0.15) is 5.75 Å². The summed E-state index contributed by atoms with van der Waals surface area (Å²) in [5.74, 6) is 0.786. The Kier molecular flexibility index (Phi) is 4.70. The first-order chi connectivity index (χ1) is 9.74. The van der Waals surface area contributed by atoms with Gasteiger partial charge in [-0.2, -0.15) is 5.26 Å². The number of hydrogen-bond acceptors (Lipinski definition) is 4. The summed E-state index contributed by atoms with van der Waals surface area (Å²) in [6.45, 7) is 3.36. The molecule has 4 heteroatoms. The van der Waals surface area contributed by atoms with E-state index >= 15 is 0 Å². The van der Waals surface area contributed by atoms with Gasteiger partial charge in [-0.3, -0.25) is 4.98 Å². The minimum atomic E-state index is 0.634.